The van der Waals surface area contributed by atoms with E-state index < -0.39 is 6.04 Å². The SMILES string of the molecule is COC(=O)C(N)C1[C@H]2CC(O)C[C@@H]12. The van der Waals surface area contributed by atoms with Crippen LogP contribution in [0.1, 0.15) is 12.8 Å². The third kappa shape index (κ3) is 1.34. The molecule has 5 atom stereocenters. The Morgan fingerprint density at radius 1 is 1.54 bits per heavy atom. The van der Waals surface area contributed by atoms with E-state index in [1.54, 1.807) is 0 Å². The van der Waals surface area contributed by atoms with E-state index >= 15 is 0 Å². The summed E-state index contributed by atoms with van der Waals surface area (Å²) in [7, 11) is 1.36. The van der Waals surface area contributed by atoms with Gasteiger partial charge in [0.15, 0.2) is 0 Å². The molecule has 4 heteroatoms. The van der Waals surface area contributed by atoms with Gasteiger partial charge >= 0.3 is 5.97 Å². The van der Waals surface area contributed by atoms with Gasteiger partial charge in [0, 0.05) is 0 Å². The largest absolute Gasteiger partial charge is 0.468 e. The summed E-state index contributed by atoms with van der Waals surface area (Å²) in [6, 6.07) is -0.479. The molecular weight excluding hydrogens is 170 g/mol. The van der Waals surface area contributed by atoms with E-state index in [0.29, 0.717) is 11.8 Å². The van der Waals surface area contributed by atoms with Crippen molar-refractivity contribution in [2.75, 3.05) is 7.11 Å². The number of esters is 1. The number of aliphatic hydroxyl groups is 1. The van der Waals surface area contributed by atoms with Crippen LogP contribution in [0.2, 0.25) is 0 Å². The molecule has 0 amide bonds. The fraction of sp³-hybridized carbons (Fsp3) is 0.889. The minimum atomic E-state index is -0.479. The molecule has 74 valence electrons. The van der Waals surface area contributed by atoms with Gasteiger partial charge < -0.3 is 15.6 Å². The normalized spacial score (nSPS) is 43.9. The zero-order valence-corrected chi connectivity index (χ0v) is 7.64. The average molecular weight is 185 g/mol. The molecule has 0 heterocycles. The molecule has 0 saturated heterocycles. The Morgan fingerprint density at radius 2 is 2.08 bits per heavy atom. The second-order valence-electron chi connectivity index (χ2n) is 4.08. The molecule has 2 aliphatic rings. The summed E-state index contributed by atoms with van der Waals surface area (Å²) in [4.78, 5) is 11.1. The van der Waals surface area contributed by atoms with E-state index in [4.69, 9.17) is 5.73 Å². The average Bonchev–Trinajstić information content (AvgIpc) is 2.62. The summed E-state index contributed by atoms with van der Waals surface area (Å²) >= 11 is 0. The number of hydrogen-bond acceptors (Lipinski definition) is 4. The predicted octanol–water partition coefficient (Wildman–Crippen LogP) is -0.496. The first kappa shape index (κ1) is 8.97. The van der Waals surface area contributed by atoms with E-state index in [0.717, 1.165) is 12.8 Å². The van der Waals surface area contributed by atoms with Crippen LogP contribution in [0.3, 0.4) is 0 Å². The van der Waals surface area contributed by atoms with Gasteiger partial charge in [0.25, 0.3) is 0 Å². The van der Waals surface area contributed by atoms with Gasteiger partial charge in [0.2, 0.25) is 0 Å². The molecule has 0 radical (unpaired) electrons. The number of hydrogen-bond donors (Lipinski definition) is 2. The first-order valence-corrected chi connectivity index (χ1v) is 4.66. The molecule has 0 aliphatic heterocycles. The fourth-order valence-corrected chi connectivity index (χ4v) is 2.69. The van der Waals surface area contributed by atoms with Crippen molar-refractivity contribution in [3.63, 3.8) is 0 Å². The first-order chi connectivity index (χ1) is 6.15. The number of methoxy groups -OCH3 is 1. The van der Waals surface area contributed by atoms with E-state index in [1.165, 1.54) is 7.11 Å². The molecule has 13 heavy (non-hydrogen) atoms. The van der Waals surface area contributed by atoms with Crippen LogP contribution in [0.25, 0.3) is 0 Å². The highest BCUT2D eigenvalue weighted by molar-refractivity contribution is 5.76. The summed E-state index contributed by atoms with van der Waals surface area (Å²) in [5.41, 5.74) is 5.71. The molecule has 0 aromatic carbocycles. The van der Waals surface area contributed by atoms with Crippen molar-refractivity contribution in [3.05, 3.63) is 0 Å². The number of fused-ring (bicyclic) bond motifs is 1. The number of nitrogens with two attached hydrogens (primary N) is 1. The Bertz CT molecular complexity index is 219. The number of ether oxygens (including phenoxy) is 1. The van der Waals surface area contributed by atoms with Crippen LogP contribution >= 0.6 is 0 Å². The summed E-state index contributed by atoms with van der Waals surface area (Å²) in [5.74, 6) is 0.859. The van der Waals surface area contributed by atoms with Crippen molar-refractivity contribution in [1.29, 1.82) is 0 Å². The lowest BCUT2D eigenvalue weighted by Crippen LogP contribution is -2.35. The van der Waals surface area contributed by atoms with Gasteiger partial charge in [0.1, 0.15) is 6.04 Å². The molecule has 2 fully saturated rings. The molecule has 3 unspecified atom stereocenters. The van der Waals surface area contributed by atoms with Crippen molar-refractivity contribution < 1.29 is 14.6 Å². The van der Waals surface area contributed by atoms with Gasteiger partial charge in [-0.05, 0) is 30.6 Å². The van der Waals surface area contributed by atoms with Crippen LogP contribution in [-0.2, 0) is 9.53 Å². The van der Waals surface area contributed by atoms with E-state index in [2.05, 4.69) is 4.74 Å². The lowest BCUT2D eigenvalue weighted by atomic mass is 10.0. The Labute approximate surface area is 77.1 Å². The van der Waals surface area contributed by atoms with Crippen LogP contribution in [0.4, 0.5) is 0 Å². The first-order valence-electron chi connectivity index (χ1n) is 4.66. The van der Waals surface area contributed by atoms with Gasteiger partial charge in [-0.2, -0.15) is 0 Å². The second kappa shape index (κ2) is 2.96. The molecule has 2 aliphatic carbocycles. The maximum atomic E-state index is 11.1. The van der Waals surface area contributed by atoms with Crippen molar-refractivity contribution in [3.8, 4) is 0 Å². The van der Waals surface area contributed by atoms with Crippen molar-refractivity contribution in [1.82, 2.24) is 0 Å². The fourth-order valence-electron chi connectivity index (χ4n) is 2.69. The van der Waals surface area contributed by atoms with Crippen LogP contribution in [0.15, 0.2) is 0 Å². The van der Waals surface area contributed by atoms with E-state index in [9.17, 15) is 9.90 Å². The van der Waals surface area contributed by atoms with Crippen LogP contribution in [-0.4, -0.2) is 30.3 Å². The molecule has 4 nitrogen and oxygen atoms in total. The van der Waals surface area contributed by atoms with Crippen molar-refractivity contribution in [2.45, 2.75) is 25.0 Å². The van der Waals surface area contributed by atoms with Gasteiger partial charge in [-0.1, -0.05) is 0 Å². The third-order valence-corrected chi connectivity index (χ3v) is 3.37. The Balaban J connectivity index is 1.90. The Morgan fingerprint density at radius 3 is 2.54 bits per heavy atom. The maximum Gasteiger partial charge on any atom is 0.322 e. The summed E-state index contributed by atoms with van der Waals surface area (Å²) in [5, 5.41) is 9.27. The molecule has 0 aromatic heterocycles. The Hall–Kier alpha value is -0.610. The van der Waals surface area contributed by atoms with E-state index in [-0.39, 0.29) is 18.0 Å². The second-order valence-corrected chi connectivity index (χ2v) is 4.08. The maximum absolute atomic E-state index is 11.1. The minimum absolute atomic E-state index is 0.170. The zero-order chi connectivity index (χ0) is 9.59. The molecule has 3 N–H and O–H groups in total. The summed E-state index contributed by atoms with van der Waals surface area (Å²) < 4.78 is 4.58. The third-order valence-electron chi connectivity index (χ3n) is 3.37. The van der Waals surface area contributed by atoms with Gasteiger partial charge in [-0.15, -0.1) is 0 Å². The minimum Gasteiger partial charge on any atom is -0.468 e. The van der Waals surface area contributed by atoms with Gasteiger partial charge in [-0.3, -0.25) is 4.79 Å². The number of carbonyl (C=O) groups is 1. The van der Waals surface area contributed by atoms with Crippen LogP contribution < -0.4 is 5.73 Å². The quantitative estimate of drug-likeness (QED) is 0.569. The lowest BCUT2D eigenvalue weighted by molar-refractivity contribution is -0.143. The summed E-state index contributed by atoms with van der Waals surface area (Å²) in [6.45, 7) is 0. The molecule has 0 aromatic rings. The monoisotopic (exact) mass is 185 g/mol. The standard InChI is InChI=1S/C9H15NO3/c1-13-9(12)8(10)7-5-2-4(11)3-6(5)7/h4-8,11H,2-3,10H2,1H3/t4?,5-,6+,7?,8?. The zero-order valence-electron chi connectivity index (χ0n) is 7.64. The molecule has 2 rings (SSSR count). The number of rotatable bonds is 2. The van der Waals surface area contributed by atoms with Crippen LogP contribution in [0, 0.1) is 17.8 Å². The van der Waals surface area contributed by atoms with Gasteiger partial charge in [-0.25, -0.2) is 0 Å². The van der Waals surface area contributed by atoms with Gasteiger partial charge in [0.05, 0.1) is 13.2 Å². The van der Waals surface area contributed by atoms with Crippen molar-refractivity contribution in [2.24, 2.45) is 23.5 Å². The highest BCUT2D eigenvalue weighted by atomic mass is 16.5. The predicted molar refractivity (Wildman–Crippen MR) is 45.7 cm³/mol. The smallest absolute Gasteiger partial charge is 0.322 e. The molecule has 0 spiro atoms. The Kier molecular flexibility index (Phi) is 2.04. The molecular formula is C9H15NO3. The molecule has 2 saturated carbocycles. The topological polar surface area (TPSA) is 72.5 Å². The highest BCUT2D eigenvalue weighted by Gasteiger charge is 2.59. The number of aliphatic hydroxyl groups excluding tert-OH is 1. The van der Waals surface area contributed by atoms with Crippen molar-refractivity contribution >= 4 is 5.97 Å². The number of carbonyl (C=O) groups excluding carboxylic acids is 1. The highest BCUT2D eigenvalue weighted by Crippen LogP contribution is 2.58. The van der Waals surface area contributed by atoms with E-state index in [1.807, 2.05) is 0 Å². The lowest BCUT2D eigenvalue weighted by Gasteiger charge is -2.12. The molecule has 0 bridgehead atoms. The summed E-state index contributed by atoms with van der Waals surface area (Å²) in [6.07, 6.45) is 1.44. The van der Waals surface area contributed by atoms with Crippen LogP contribution in [0.5, 0.6) is 0 Å².